The smallest absolute Gasteiger partial charge is 0.420 e. The van der Waals surface area contributed by atoms with E-state index in [0.29, 0.717) is 12.2 Å². The van der Waals surface area contributed by atoms with Crippen molar-refractivity contribution in [1.29, 1.82) is 0 Å². The number of benzene rings is 1. The molecular formula is C18H20F2N4O3. The molecule has 1 aromatic heterocycles. The van der Waals surface area contributed by atoms with E-state index in [0.717, 1.165) is 18.7 Å². The third kappa shape index (κ3) is 3.34. The van der Waals surface area contributed by atoms with Crippen LogP contribution in [0.15, 0.2) is 24.5 Å². The summed E-state index contributed by atoms with van der Waals surface area (Å²) in [5.41, 5.74) is 1.43. The number of alkyl halides is 2. The van der Waals surface area contributed by atoms with Crippen LogP contribution in [0.2, 0.25) is 0 Å². The number of aryl methyl sites for hydroxylation is 1. The highest BCUT2D eigenvalue weighted by atomic mass is 19.3. The Balaban J connectivity index is 1.52. The van der Waals surface area contributed by atoms with Crippen LogP contribution in [0.4, 0.5) is 14.5 Å². The second kappa shape index (κ2) is 6.19. The minimum atomic E-state index is -3.72. The lowest BCUT2D eigenvalue weighted by atomic mass is 10.0. The van der Waals surface area contributed by atoms with Gasteiger partial charge in [0.15, 0.2) is 11.5 Å². The van der Waals surface area contributed by atoms with Crippen LogP contribution in [0, 0.1) is 6.92 Å². The molecule has 0 unspecified atom stereocenters. The lowest BCUT2D eigenvalue weighted by Crippen LogP contribution is -2.38. The Bertz CT molecular complexity index is 862. The molecule has 0 saturated carbocycles. The van der Waals surface area contributed by atoms with Gasteiger partial charge in [-0.05, 0) is 31.9 Å². The van der Waals surface area contributed by atoms with Crippen LogP contribution in [0.25, 0.3) is 0 Å². The fraction of sp³-hybridized carbons (Fsp3) is 0.444. The molecule has 0 spiro atoms. The Morgan fingerprint density at radius 1 is 1.22 bits per heavy atom. The van der Waals surface area contributed by atoms with Crippen molar-refractivity contribution in [3.63, 3.8) is 0 Å². The number of hydrogen-bond acceptors (Lipinski definition) is 7. The lowest BCUT2D eigenvalue weighted by Gasteiger charge is -2.22. The largest absolute Gasteiger partial charge is 0.586 e. The van der Waals surface area contributed by atoms with Gasteiger partial charge in [-0.2, -0.15) is 0 Å². The standard InChI is InChI=1S/C18H20F2N4O3/c1-4-17(3)9-24(10-23-17)12-7-21-16(22-8-12)25-13-6-5-11(2)14-15(13)27-18(19,20)26-14/h5-8,23H,4,9-10H2,1-3H3/t17-/m1/s1. The highest BCUT2D eigenvalue weighted by Crippen LogP contribution is 2.49. The van der Waals surface area contributed by atoms with Crippen molar-refractivity contribution in [1.82, 2.24) is 15.3 Å². The van der Waals surface area contributed by atoms with E-state index in [9.17, 15) is 8.78 Å². The molecule has 0 bridgehead atoms. The minimum absolute atomic E-state index is 0.0361. The van der Waals surface area contributed by atoms with E-state index < -0.39 is 6.29 Å². The van der Waals surface area contributed by atoms with Gasteiger partial charge in [0.2, 0.25) is 5.75 Å². The Morgan fingerprint density at radius 2 is 1.93 bits per heavy atom. The molecule has 1 N–H and O–H groups in total. The maximum Gasteiger partial charge on any atom is 0.586 e. The molecule has 2 aromatic rings. The number of fused-ring (bicyclic) bond motifs is 1. The monoisotopic (exact) mass is 378 g/mol. The number of halogens is 2. The second-order valence-electron chi connectivity index (χ2n) is 6.98. The van der Waals surface area contributed by atoms with Crippen molar-refractivity contribution in [3.8, 4) is 23.3 Å². The number of nitrogens with one attached hydrogen (secondary N) is 1. The van der Waals surface area contributed by atoms with Crippen molar-refractivity contribution < 1.29 is 23.0 Å². The second-order valence-corrected chi connectivity index (χ2v) is 6.98. The first-order valence-corrected chi connectivity index (χ1v) is 8.68. The van der Waals surface area contributed by atoms with E-state index >= 15 is 0 Å². The van der Waals surface area contributed by atoms with Gasteiger partial charge in [-0.3, -0.25) is 5.32 Å². The van der Waals surface area contributed by atoms with Gasteiger partial charge >= 0.3 is 12.3 Å². The zero-order chi connectivity index (χ0) is 19.2. The average Bonchev–Trinajstić information content (AvgIpc) is 3.19. The molecule has 4 rings (SSSR count). The maximum absolute atomic E-state index is 13.4. The van der Waals surface area contributed by atoms with Crippen molar-refractivity contribution in [2.75, 3.05) is 18.1 Å². The molecule has 1 fully saturated rings. The third-order valence-electron chi connectivity index (χ3n) is 4.91. The van der Waals surface area contributed by atoms with E-state index in [4.69, 9.17) is 4.74 Å². The summed E-state index contributed by atoms with van der Waals surface area (Å²) in [5, 5.41) is 3.46. The number of aromatic nitrogens is 2. The van der Waals surface area contributed by atoms with Crippen LogP contribution >= 0.6 is 0 Å². The molecule has 7 nitrogen and oxygen atoms in total. The Kier molecular flexibility index (Phi) is 4.06. The summed E-state index contributed by atoms with van der Waals surface area (Å²) in [7, 11) is 0. The summed E-state index contributed by atoms with van der Waals surface area (Å²) in [6, 6.07) is 3.16. The predicted molar refractivity (Wildman–Crippen MR) is 93.5 cm³/mol. The maximum atomic E-state index is 13.4. The summed E-state index contributed by atoms with van der Waals surface area (Å²) in [4.78, 5) is 10.5. The van der Waals surface area contributed by atoms with Gasteiger partial charge in [-0.15, -0.1) is 8.78 Å². The van der Waals surface area contributed by atoms with Crippen molar-refractivity contribution in [2.24, 2.45) is 0 Å². The van der Waals surface area contributed by atoms with E-state index in [1.54, 1.807) is 25.4 Å². The van der Waals surface area contributed by atoms with Gasteiger partial charge in [0.05, 0.1) is 24.7 Å². The molecule has 3 heterocycles. The fourth-order valence-corrected chi connectivity index (χ4v) is 3.07. The van der Waals surface area contributed by atoms with Crippen LogP contribution in [-0.4, -0.2) is 35.0 Å². The highest BCUT2D eigenvalue weighted by Gasteiger charge is 2.46. The number of rotatable bonds is 4. The number of nitrogens with zero attached hydrogens (tertiary/aromatic N) is 3. The first-order chi connectivity index (χ1) is 12.8. The Morgan fingerprint density at radius 3 is 2.59 bits per heavy atom. The number of anilines is 1. The van der Waals surface area contributed by atoms with Crippen LogP contribution in [-0.2, 0) is 0 Å². The van der Waals surface area contributed by atoms with E-state index in [2.05, 4.69) is 43.5 Å². The third-order valence-corrected chi connectivity index (χ3v) is 4.91. The summed E-state index contributed by atoms with van der Waals surface area (Å²) in [6.07, 6.45) is 0.584. The van der Waals surface area contributed by atoms with Gasteiger partial charge in [0.1, 0.15) is 0 Å². The van der Waals surface area contributed by atoms with Gasteiger partial charge in [-0.1, -0.05) is 13.0 Å². The molecule has 2 aliphatic rings. The van der Waals surface area contributed by atoms with Gasteiger partial charge in [0.25, 0.3) is 0 Å². The first kappa shape index (κ1) is 17.7. The summed E-state index contributed by atoms with van der Waals surface area (Å²) >= 11 is 0. The molecule has 0 aliphatic carbocycles. The quantitative estimate of drug-likeness (QED) is 0.874. The molecule has 144 valence electrons. The van der Waals surface area contributed by atoms with Crippen molar-refractivity contribution in [3.05, 3.63) is 30.1 Å². The van der Waals surface area contributed by atoms with Crippen LogP contribution in [0.5, 0.6) is 23.3 Å². The first-order valence-electron chi connectivity index (χ1n) is 8.68. The zero-order valence-corrected chi connectivity index (χ0v) is 15.3. The molecule has 2 aliphatic heterocycles. The van der Waals surface area contributed by atoms with Crippen molar-refractivity contribution >= 4 is 5.69 Å². The van der Waals surface area contributed by atoms with E-state index in [1.165, 1.54) is 6.07 Å². The van der Waals surface area contributed by atoms with Gasteiger partial charge in [-0.25, -0.2) is 9.97 Å². The molecule has 9 heteroatoms. The predicted octanol–water partition coefficient (Wildman–Crippen LogP) is 3.43. The molecule has 0 amide bonds. The average molecular weight is 378 g/mol. The number of ether oxygens (including phenoxy) is 3. The van der Waals surface area contributed by atoms with Crippen LogP contribution < -0.4 is 24.4 Å². The highest BCUT2D eigenvalue weighted by molar-refractivity contribution is 5.57. The molecule has 27 heavy (non-hydrogen) atoms. The fourth-order valence-electron chi connectivity index (χ4n) is 3.07. The SMILES string of the molecule is CC[C@]1(C)CN(c2cnc(Oc3ccc(C)c4c3OC(F)(F)O4)nc2)CN1. The molecular weight excluding hydrogens is 358 g/mol. The molecule has 1 atom stereocenters. The normalized spacial score (nSPS) is 22.9. The summed E-state index contributed by atoms with van der Waals surface area (Å²) in [5.74, 6) is -0.131. The topological polar surface area (TPSA) is 68.7 Å². The zero-order valence-electron chi connectivity index (χ0n) is 15.3. The molecule has 1 saturated heterocycles. The Labute approximate surface area is 155 Å². The minimum Gasteiger partial charge on any atom is -0.420 e. The summed E-state index contributed by atoms with van der Waals surface area (Å²) < 4.78 is 41.5. The lowest BCUT2D eigenvalue weighted by molar-refractivity contribution is -0.287. The number of hydrogen-bond donors (Lipinski definition) is 1. The molecule has 1 aromatic carbocycles. The van der Waals surface area contributed by atoms with Crippen molar-refractivity contribution in [2.45, 2.75) is 39.0 Å². The Hall–Kier alpha value is -2.68. The van der Waals surface area contributed by atoms with E-state index in [1.807, 2.05) is 0 Å². The van der Waals surface area contributed by atoms with Crippen LogP contribution in [0.3, 0.4) is 0 Å². The van der Waals surface area contributed by atoms with Gasteiger partial charge < -0.3 is 19.1 Å². The van der Waals surface area contributed by atoms with E-state index in [-0.39, 0.29) is 28.8 Å². The van der Waals surface area contributed by atoms with Gasteiger partial charge in [0, 0.05) is 12.1 Å². The van der Waals surface area contributed by atoms with Crippen LogP contribution in [0.1, 0.15) is 25.8 Å². The molecule has 0 radical (unpaired) electrons. The summed E-state index contributed by atoms with van der Waals surface area (Å²) in [6.45, 7) is 7.51.